The maximum atomic E-state index is 13.2. The van der Waals surface area contributed by atoms with Crippen LogP contribution in [0.3, 0.4) is 0 Å². The van der Waals surface area contributed by atoms with Gasteiger partial charge in [0.2, 0.25) is 5.91 Å². The highest BCUT2D eigenvalue weighted by Gasteiger charge is 2.30. The minimum atomic E-state index is -0.946. The molecule has 0 aliphatic heterocycles. The van der Waals surface area contributed by atoms with Crippen LogP contribution in [0.5, 0.6) is 0 Å². The van der Waals surface area contributed by atoms with Gasteiger partial charge in [0.15, 0.2) is 5.82 Å². The number of rotatable bonds is 12. The van der Waals surface area contributed by atoms with Crippen molar-refractivity contribution < 1.29 is 24.3 Å². The lowest BCUT2D eigenvalue weighted by Gasteiger charge is -2.17. The number of pyridine rings is 1. The van der Waals surface area contributed by atoms with Crippen LogP contribution < -0.4 is 16.0 Å². The molecule has 5 rings (SSSR count). The number of carboxylic acids is 1. The van der Waals surface area contributed by atoms with Crippen molar-refractivity contribution in [2.75, 3.05) is 11.9 Å². The van der Waals surface area contributed by atoms with Gasteiger partial charge in [-0.15, -0.1) is 0 Å². The zero-order valence-electron chi connectivity index (χ0n) is 27.7. The van der Waals surface area contributed by atoms with E-state index in [1.165, 1.54) is 10.7 Å². The first kappa shape index (κ1) is 43.4. The molecule has 2 aromatic carbocycles. The quantitative estimate of drug-likeness (QED) is 0.111. The second-order valence-electron chi connectivity index (χ2n) is 10.9. The lowest BCUT2D eigenvalue weighted by molar-refractivity contribution is -0.138. The van der Waals surface area contributed by atoms with E-state index in [1.54, 1.807) is 30.5 Å². The van der Waals surface area contributed by atoms with Crippen LogP contribution in [0.25, 0.3) is 5.82 Å². The van der Waals surface area contributed by atoms with Crippen LogP contribution in [-0.4, -0.2) is 56.1 Å². The highest BCUT2D eigenvalue weighted by molar-refractivity contribution is 9.10. The lowest BCUT2D eigenvalue weighted by Crippen LogP contribution is -2.34. The van der Waals surface area contributed by atoms with Gasteiger partial charge in [-0.05, 0) is 93.8 Å². The first-order valence-electron chi connectivity index (χ1n) is 15.9. The molecule has 1 unspecified atom stereocenters. The van der Waals surface area contributed by atoms with Crippen molar-refractivity contribution >= 4 is 84.4 Å². The molecule has 0 saturated heterocycles. The maximum Gasteiger partial charge on any atom is 0.303 e. The van der Waals surface area contributed by atoms with Gasteiger partial charge < -0.3 is 21.1 Å². The van der Waals surface area contributed by atoms with Crippen molar-refractivity contribution in [3.8, 4) is 5.82 Å². The van der Waals surface area contributed by atoms with Crippen LogP contribution in [-0.2, 0) is 16.0 Å². The molecular weight excluding hydrogens is 827 g/mol. The Balaban J connectivity index is 0.000000402. The summed E-state index contributed by atoms with van der Waals surface area (Å²) in [6, 6.07) is 17.9. The van der Waals surface area contributed by atoms with E-state index in [4.69, 9.17) is 28.3 Å². The molecule has 15 heteroatoms. The SMILES string of the molecule is C.CC.CC(NC(=O)c1cc(Cl)cc(Br)c1NC(=O)c1cc(Br)nn1-c1ncccc1Cl)C1CC1.O=C(O)CCC(=O)NCCc1ccccc1. The minimum absolute atomic E-state index is 0. The van der Waals surface area contributed by atoms with E-state index in [2.05, 4.69) is 57.9 Å². The normalized spacial score (nSPS) is 12.1. The van der Waals surface area contributed by atoms with Crippen molar-refractivity contribution in [2.45, 2.75) is 66.3 Å². The van der Waals surface area contributed by atoms with Gasteiger partial charge in [-0.3, -0.25) is 19.2 Å². The number of benzene rings is 2. The van der Waals surface area contributed by atoms with Crippen LogP contribution in [0.4, 0.5) is 5.69 Å². The van der Waals surface area contributed by atoms with E-state index >= 15 is 0 Å². The number of carbonyl (C=O) groups is 4. The molecule has 4 aromatic rings. The number of aliphatic carboxylic acids is 1. The summed E-state index contributed by atoms with van der Waals surface area (Å²) in [6.45, 7) is 6.52. The van der Waals surface area contributed by atoms with Crippen molar-refractivity contribution in [3.63, 3.8) is 0 Å². The average molecular weight is 869 g/mol. The number of carboxylic acid groups (broad SMARTS) is 1. The molecule has 1 aliphatic rings. The van der Waals surface area contributed by atoms with Crippen molar-refractivity contribution in [1.29, 1.82) is 0 Å². The van der Waals surface area contributed by atoms with Crippen molar-refractivity contribution in [2.24, 2.45) is 5.92 Å². The van der Waals surface area contributed by atoms with Gasteiger partial charge in [0.25, 0.3) is 11.8 Å². The molecule has 11 nitrogen and oxygen atoms in total. The molecule has 0 bridgehead atoms. The van der Waals surface area contributed by atoms with E-state index in [1.807, 2.05) is 51.1 Å². The molecule has 274 valence electrons. The minimum Gasteiger partial charge on any atom is -0.481 e. The summed E-state index contributed by atoms with van der Waals surface area (Å²) in [4.78, 5) is 51.8. The number of anilines is 1. The second-order valence-corrected chi connectivity index (χ2v) is 13.4. The highest BCUT2D eigenvalue weighted by atomic mass is 79.9. The molecule has 0 spiro atoms. The molecule has 2 heterocycles. The van der Waals surface area contributed by atoms with Crippen molar-refractivity contribution in [1.82, 2.24) is 25.4 Å². The predicted octanol–water partition coefficient (Wildman–Crippen LogP) is 8.75. The monoisotopic (exact) mass is 866 g/mol. The number of nitrogens with one attached hydrogen (secondary N) is 3. The third-order valence-corrected chi connectivity index (χ3v) is 8.75. The van der Waals surface area contributed by atoms with Crippen LogP contribution in [0.2, 0.25) is 10.0 Å². The predicted molar refractivity (Wildman–Crippen MR) is 209 cm³/mol. The maximum absolute atomic E-state index is 13.2. The summed E-state index contributed by atoms with van der Waals surface area (Å²) in [6.07, 6.45) is 4.44. The Bertz CT molecular complexity index is 1790. The lowest BCUT2D eigenvalue weighted by atomic mass is 10.1. The van der Waals surface area contributed by atoms with Gasteiger partial charge in [0.1, 0.15) is 10.3 Å². The third kappa shape index (κ3) is 13.7. The third-order valence-electron chi connectivity index (χ3n) is 7.22. The van der Waals surface area contributed by atoms with E-state index in [0.717, 1.165) is 24.8 Å². The standard InChI is InChI=1S/C21H17Br2Cl2N5O2.C12H15NO3.C2H6.CH4/c1-10(11-4-5-11)27-20(31)13-7-12(24)8-14(22)18(13)28-21(32)16-9-17(23)29-30(16)19-15(25)3-2-6-26-19;14-11(6-7-12(15)16)13-9-8-10-4-2-1-3-5-10;1-2;/h2-3,6-11H,4-5H2,1H3,(H,27,31)(H,28,32);1-5H,6-9H2,(H,13,14)(H,15,16);1-2H3;1H4. The van der Waals surface area contributed by atoms with Crippen LogP contribution >= 0.6 is 55.1 Å². The number of nitrogens with zero attached hydrogens (tertiary/aromatic N) is 3. The second kappa shape index (κ2) is 21.6. The average Bonchev–Trinajstić information content (AvgIpc) is 3.88. The fourth-order valence-corrected chi connectivity index (χ4v) is 6.05. The number of aromatic nitrogens is 3. The first-order valence-corrected chi connectivity index (χ1v) is 18.3. The molecular formula is C36H42Br2Cl2N6O5. The molecule has 1 fully saturated rings. The fourth-order valence-electron chi connectivity index (χ4n) is 4.56. The van der Waals surface area contributed by atoms with E-state index in [0.29, 0.717) is 43.1 Å². The summed E-state index contributed by atoms with van der Waals surface area (Å²) in [5.74, 6) is -1.19. The molecule has 0 radical (unpaired) electrons. The van der Waals surface area contributed by atoms with Gasteiger partial charge >= 0.3 is 5.97 Å². The number of carbonyl (C=O) groups excluding carboxylic acids is 3. The molecule has 1 atom stereocenters. The Morgan fingerprint density at radius 1 is 0.980 bits per heavy atom. The largest absolute Gasteiger partial charge is 0.481 e. The molecule has 3 amide bonds. The number of hydrogen-bond acceptors (Lipinski definition) is 6. The Labute approximate surface area is 325 Å². The first-order chi connectivity index (χ1) is 23.9. The summed E-state index contributed by atoms with van der Waals surface area (Å²) < 4.78 is 2.24. The molecule has 1 aliphatic carbocycles. The van der Waals surface area contributed by atoms with E-state index in [-0.39, 0.29) is 49.4 Å². The van der Waals surface area contributed by atoms with E-state index < -0.39 is 11.9 Å². The van der Waals surface area contributed by atoms with E-state index in [9.17, 15) is 19.2 Å². The highest BCUT2D eigenvalue weighted by Crippen LogP contribution is 2.34. The zero-order chi connectivity index (χ0) is 36.8. The molecule has 51 heavy (non-hydrogen) atoms. The fraction of sp³-hybridized carbons (Fsp3) is 0.333. The number of hydrogen-bond donors (Lipinski definition) is 4. The molecule has 4 N–H and O–H groups in total. The van der Waals surface area contributed by atoms with Gasteiger partial charge in [-0.25, -0.2) is 9.67 Å². The Morgan fingerprint density at radius 3 is 2.29 bits per heavy atom. The Hall–Kier alpha value is -3.78. The summed E-state index contributed by atoms with van der Waals surface area (Å²) in [7, 11) is 0. The van der Waals surface area contributed by atoms with Crippen LogP contribution in [0.1, 0.15) is 80.3 Å². The topological polar surface area (TPSA) is 155 Å². The Kier molecular flexibility index (Phi) is 18.3. The zero-order valence-corrected chi connectivity index (χ0v) is 32.4. The molecule has 2 aromatic heterocycles. The van der Waals surface area contributed by atoms with Gasteiger partial charge in [0, 0.05) is 40.8 Å². The molecule has 1 saturated carbocycles. The number of halogens is 4. The van der Waals surface area contributed by atoms with Crippen LogP contribution in [0, 0.1) is 5.92 Å². The van der Waals surface area contributed by atoms with Crippen LogP contribution in [0.15, 0.2) is 75.9 Å². The van der Waals surface area contributed by atoms with Gasteiger partial charge in [-0.2, -0.15) is 5.10 Å². The summed E-state index contributed by atoms with van der Waals surface area (Å²) in [5.41, 5.74) is 1.89. The van der Waals surface area contributed by atoms with Gasteiger partial charge in [0.05, 0.1) is 22.7 Å². The Morgan fingerprint density at radius 2 is 1.67 bits per heavy atom. The smallest absolute Gasteiger partial charge is 0.303 e. The number of amides is 3. The van der Waals surface area contributed by atoms with Gasteiger partial charge in [-0.1, -0.05) is 74.8 Å². The van der Waals surface area contributed by atoms with Crippen molar-refractivity contribution in [3.05, 3.63) is 103 Å². The summed E-state index contributed by atoms with van der Waals surface area (Å²) >= 11 is 19.1. The summed E-state index contributed by atoms with van der Waals surface area (Å²) in [5, 5.41) is 21.8.